The molecule has 0 aliphatic carbocycles. The number of nitrogens with one attached hydrogen (secondary N) is 1. The summed E-state index contributed by atoms with van der Waals surface area (Å²) in [5, 5.41) is 2.05. The summed E-state index contributed by atoms with van der Waals surface area (Å²) in [6.07, 6.45) is 0. The number of hydrogen-bond donors (Lipinski definition) is 1. The maximum atomic E-state index is 14.5. The van der Waals surface area contributed by atoms with E-state index in [9.17, 15) is 27.2 Å². The molecule has 2 unspecified atom stereocenters. The van der Waals surface area contributed by atoms with E-state index < -0.39 is 51.6 Å². The van der Waals surface area contributed by atoms with Gasteiger partial charge in [0.1, 0.15) is 5.82 Å². The largest absolute Gasteiger partial charge is 0.468 e. The van der Waals surface area contributed by atoms with Gasteiger partial charge in [-0.1, -0.05) is 40.2 Å². The van der Waals surface area contributed by atoms with E-state index in [0.29, 0.717) is 8.78 Å². The number of benzene rings is 2. The minimum Gasteiger partial charge on any atom is -0.468 e. The number of nitrogens with zero attached hydrogens (tertiary/aromatic N) is 1. The minimum atomic E-state index is -4.36. The molecule has 1 saturated heterocycles. The molecule has 8 nitrogen and oxygen atoms in total. The van der Waals surface area contributed by atoms with Crippen molar-refractivity contribution in [3.05, 3.63) is 63.9 Å². The fourth-order valence-corrected chi connectivity index (χ4v) is 6.29. The zero-order chi connectivity index (χ0) is 21.8. The molecule has 2 aliphatic heterocycles. The second-order valence-electron chi connectivity index (χ2n) is 6.78. The van der Waals surface area contributed by atoms with Crippen molar-refractivity contribution >= 4 is 43.7 Å². The highest BCUT2D eigenvalue weighted by Gasteiger charge is 2.70. The molecule has 30 heavy (non-hydrogen) atoms. The predicted octanol–water partition coefficient (Wildman–Crippen LogP) is 1.43. The van der Waals surface area contributed by atoms with Gasteiger partial charge in [-0.3, -0.25) is 19.7 Å². The van der Waals surface area contributed by atoms with Gasteiger partial charge in [-0.25, -0.2) is 12.8 Å². The van der Waals surface area contributed by atoms with Gasteiger partial charge >= 0.3 is 5.97 Å². The molecule has 1 spiro atoms. The standard InChI is InChI=1S/C19H14BrFN2O6S/c1-29-17(25)15-16(24)22-18(26)19(15)12-4-2-3-5-14(12)30(27,28)23(19)9-10-6-7-11(20)8-13(10)21/h2-8,15H,9H2,1H3,(H,22,24,26). The van der Waals surface area contributed by atoms with E-state index in [1.54, 1.807) is 0 Å². The SMILES string of the molecule is COC(=O)C1C(=O)NC(=O)C12c1ccccc1S(=O)(=O)N2Cc1ccc(Br)cc1F. The number of carbonyl (C=O) groups excluding carboxylic acids is 3. The van der Waals surface area contributed by atoms with Crippen molar-refractivity contribution in [1.82, 2.24) is 9.62 Å². The molecule has 2 aromatic carbocycles. The summed E-state index contributed by atoms with van der Waals surface area (Å²) in [4.78, 5) is 37.9. The molecule has 0 aromatic heterocycles. The van der Waals surface area contributed by atoms with Gasteiger partial charge in [-0.05, 0) is 18.2 Å². The van der Waals surface area contributed by atoms with Crippen LogP contribution in [-0.4, -0.2) is 37.6 Å². The average molecular weight is 497 g/mol. The van der Waals surface area contributed by atoms with Crippen molar-refractivity contribution in [2.45, 2.75) is 17.0 Å². The first kappa shape index (κ1) is 20.6. The normalized spacial score (nSPS) is 24.7. The second-order valence-corrected chi connectivity index (χ2v) is 9.53. The first-order valence-electron chi connectivity index (χ1n) is 8.65. The Bertz CT molecular complexity index is 1220. The van der Waals surface area contributed by atoms with Crippen LogP contribution >= 0.6 is 15.9 Å². The first-order chi connectivity index (χ1) is 14.1. The molecule has 1 fully saturated rings. The number of ether oxygens (including phenoxy) is 1. The molecule has 0 saturated carbocycles. The summed E-state index contributed by atoms with van der Waals surface area (Å²) < 4.78 is 47.2. The third-order valence-electron chi connectivity index (χ3n) is 5.29. The quantitative estimate of drug-likeness (QED) is 0.391. The first-order valence-corrected chi connectivity index (χ1v) is 10.9. The molecule has 2 amide bonds. The second kappa shape index (κ2) is 6.96. The Morgan fingerprint density at radius 2 is 1.97 bits per heavy atom. The van der Waals surface area contributed by atoms with E-state index in [4.69, 9.17) is 4.74 Å². The van der Waals surface area contributed by atoms with Crippen LogP contribution in [0.3, 0.4) is 0 Å². The van der Waals surface area contributed by atoms with Crippen LogP contribution in [0.4, 0.5) is 4.39 Å². The monoisotopic (exact) mass is 496 g/mol. The van der Waals surface area contributed by atoms with E-state index >= 15 is 0 Å². The fourth-order valence-electron chi connectivity index (χ4n) is 3.99. The zero-order valence-electron chi connectivity index (χ0n) is 15.4. The Morgan fingerprint density at radius 3 is 2.63 bits per heavy atom. The van der Waals surface area contributed by atoms with Crippen molar-refractivity contribution in [3.8, 4) is 0 Å². The summed E-state index contributed by atoms with van der Waals surface area (Å²) in [6, 6.07) is 9.59. The molecule has 0 bridgehead atoms. The molecule has 1 N–H and O–H groups in total. The number of amides is 2. The number of carbonyl (C=O) groups is 3. The van der Waals surface area contributed by atoms with E-state index in [-0.39, 0.29) is 16.0 Å². The lowest BCUT2D eigenvalue weighted by atomic mass is 9.79. The molecule has 2 heterocycles. The Hall–Kier alpha value is -2.63. The summed E-state index contributed by atoms with van der Waals surface area (Å²) in [5.41, 5.74) is -2.30. The maximum Gasteiger partial charge on any atom is 0.321 e. The molecule has 2 aromatic rings. The lowest BCUT2D eigenvalue weighted by Gasteiger charge is -2.34. The van der Waals surface area contributed by atoms with Crippen molar-refractivity contribution in [2.75, 3.05) is 7.11 Å². The van der Waals surface area contributed by atoms with Crippen LogP contribution in [0.5, 0.6) is 0 Å². The average Bonchev–Trinajstić information content (AvgIpc) is 3.07. The minimum absolute atomic E-state index is 0.0373. The Balaban J connectivity index is 2.01. The van der Waals surface area contributed by atoms with Crippen LogP contribution < -0.4 is 5.32 Å². The third kappa shape index (κ3) is 2.65. The summed E-state index contributed by atoms with van der Waals surface area (Å²) >= 11 is 3.13. The van der Waals surface area contributed by atoms with E-state index in [1.807, 2.05) is 5.32 Å². The van der Waals surface area contributed by atoms with Gasteiger partial charge < -0.3 is 4.74 Å². The molecule has 2 atom stereocenters. The molecule has 11 heteroatoms. The number of esters is 1. The van der Waals surface area contributed by atoms with Gasteiger partial charge in [-0.15, -0.1) is 0 Å². The smallest absolute Gasteiger partial charge is 0.321 e. The number of methoxy groups -OCH3 is 1. The highest BCUT2D eigenvalue weighted by Crippen LogP contribution is 2.52. The Labute approximate surface area is 179 Å². The molecule has 156 valence electrons. The number of sulfonamides is 1. The number of fused-ring (bicyclic) bond motifs is 2. The lowest BCUT2D eigenvalue weighted by Crippen LogP contribution is -2.54. The number of rotatable bonds is 3. The van der Waals surface area contributed by atoms with E-state index in [2.05, 4.69) is 15.9 Å². The van der Waals surface area contributed by atoms with Gasteiger partial charge in [-0.2, -0.15) is 4.31 Å². The van der Waals surface area contributed by atoms with Gasteiger partial charge in [0.25, 0.3) is 5.91 Å². The zero-order valence-corrected chi connectivity index (χ0v) is 17.8. The Kier molecular flexibility index (Phi) is 4.79. The predicted molar refractivity (Wildman–Crippen MR) is 104 cm³/mol. The molecule has 0 radical (unpaired) electrons. The molecular formula is C19H14BrFN2O6S. The van der Waals surface area contributed by atoms with Gasteiger partial charge in [0.15, 0.2) is 11.5 Å². The van der Waals surface area contributed by atoms with Crippen molar-refractivity contribution in [1.29, 1.82) is 0 Å². The highest BCUT2D eigenvalue weighted by atomic mass is 79.9. The Morgan fingerprint density at radius 1 is 1.27 bits per heavy atom. The van der Waals surface area contributed by atoms with Crippen molar-refractivity contribution in [2.24, 2.45) is 5.92 Å². The van der Waals surface area contributed by atoms with Crippen LogP contribution in [0.15, 0.2) is 51.8 Å². The number of hydrogen-bond acceptors (Lipinski definition) is 6. The summed E-state index contributed by atoms with van der Waals surface area (Å²) in [7, 11) is -3.33. The van der Waals surface area contributed by atoms with Gasteiger partial charge in [0.2, 0.25) is 15.9 Å². The maximum absolute atomic E-state index is 14.5. The van der Waals surface area contributed by atoms with Gasteiger partial charge in [0.05, 0.1) is 12.0 Å². The highest BCUT2D eigenvalue weighted by molar-refractivity contribution is 9.10. The molecule has 2 aliphatic rings. The van der Waals surface area contributed by atoms with Crippen LogP contribution in [0, 0.1) is 11.7 Å². The van der Waals surface area contributed by atoms with Crippen LogP contribution in [0.1, 0.15) is 11.1 Å². The van der Waals surface area contributed by atoms with E-state index in [1.165, 1.54) is 36.4 Å². The van der Waals surface area contributed by atoms with Crippen molar-refractivity contribution < 1.29 is 31.9 Å². The summed E-state index contributed by atoms with van der Waals surface area (Å²) in [5.74, 6) is -5.56. The van der Waals surface area contributed by atoms with E-state index in [0.717, 1.165) is 13.2 Å². The molecule has 4 rings (SSSR count). The fraction of sp³-hybridized carbons (Fsp3) is 0.211. The van der Waals surface area contributed by atoms with Gasteiger partial charge in [0, 0.05) is 22.1 Å². The molecular weight excluding hydrogens is 483 g/mol. The van der Waals surface area contributed by atoms with Crippen LogP contribution in [0.25, 0.3) is 0 Å². The van der Waals surface area contributed by atoms with Crippen molar-refractivity contribution in [3.63, 3.8) is 0 Å². The number of halogens is 2. The van der Waals surface area contributed by atoms with Crippen LogP contribution in [-0.2, 0) is 41.2 Å². The number of imide groups is 1. The topological polar surface area (TPSA) is 110 Å². The van der Waals surface area contributed by atoms with Crippen LogP contribution in [0.2, 0.25) is 0 Å². The lowest BCUT2D eigenvalue weighted by molar-refractivity contribution is -0.154. The third-order valence-corrected chi connectivity index (χ3v) is 7.69. The summed E-state index contributed by atoms with van der Waals surface area (Å²) in [6.45, 7) is -0.579.